The lowest BCUT2D eigenvalue weighted by Crippen LogP contribution is -2.28. The zero-order valence-electron chi connectivity index (χ0n) is 16.7. The number of hydrogen-bond donors (Lipinski definition) is 1. The molecule has 5 nitrogen and oxygen atoms in total. The van der Waals surface area contributed by atoms with Crippen LogP contribution in [0.2, 0.25) is 0 Å². The third-order valence-electron chi connectivity index (χ3n) is 5.80. The van der Waals surface area contributed by atoms with Crippen LogP contribution in [0.1, 0.15) is 18.9 Å². The summed E-state index contributed by atoms with van der Waals surface area (Å²) in [4.78, 5) is 27.0. The molecule has 0 radical (unpaired) electrons. The molecule has 5 heteroatoms. The molecular weight excluding hydrogens is 376 g/mol. The quantitative estimate of drug-likeness (QED) is 0.518. The Kier molecular flexibility index (Phi) is 4.51. The Morgan fingerprint density at radius 2 is 1.80 bits per heavy atom. The van der Waals surface area contributed by atoms with Crippen molar-refractivity contribution in [2.75, 3.05) is 16.8 Å². The molecule has 1 aliphatic rings. The second-order valence-corrected chi connectivity index (χ2v) is 7.72. The average molecular weight is 398 g/mol. The van der Waals surface area contributed by atoms with Crippen LogP contribution in [0.15, 0.2) is 71.1 Å². The number of fused-ring (bicyclic) bond motifs is 3. The molecular formula is C25H22N2O3. The first-order valence-electron chi connectivity index (χ1n) is 10.2. The monoisotopic (exact) mass is 398 g/mol. The van der Waals surface area contributed by atoms with Crippen LogP contribution >= 0.6 is 0 Å². The number of aryl methyl sites for hydroxylation is 1. The fourth-order valence-electron chi connectivity index (χ4n) is 4.09. The number of amides is 2. The van der Waals surface area contributed by atoms with Gasteiger partial charge in [0.1, 0.15) is 11.2 Å². The molecule has 2 amide bonds. The molecule has 0 spiro atoms. The summed E-state index contributed by atoms with van der Waals surface area (Å²) < 4.78 is 5.90. The van der Waals surface area contributed by atoms with Gasteiger partial charge in [-0.1, -0.05) is 37.3 Å². The number of carbonyl (C=O) groups is 2. The lowest BCUT2D eigenvalue weighted by atomic mass is 10.1. The minimum Gasteiger partial charge on any atom is -0.456 e. The van der Waals surface area contributed by atoms with Gasteiger partial charge < -0.3 is 14.6 Å². The van der Waals surface area contributed by atoms with Gasteiger partial charge in [0.25, 0.3) is 0 Å². The molecule has 4 aromatic rings. The Balaban J connectivity index is 1.32. The molecule has 0 saturated carbocycles. The maximum Gasteiger partial charge on any atom is 0.229 e. The van der Waals surface area contributed by atoms with Crippen molar-refractivity contribution in [2.24, 2.45) is 5.92 Å². The smallest absolute Gasteiger partial charge is 0.229 e. The number of anilines is 2. The molecule has 5 rings (SSSR count). The van der Waals surface area contributed by atoms with Gasteiger partial charge in [-0.25, -0.2) is 0 Å². The fourth-order valence-corrected chi connectivity index (χ4v) is 4.09. The number of nitrogens with one attached hydrogen (secondary N) is 1. The molecule has 2 heterocycles. The molecule has 1 N–H and O–H groups in total. The number of rotatable bonds is 4. The van der Waals surface area contributed by atoms with Gasteiger partial charge in [0.05, 0.1) is 5.92 Å². The normalized spacial score (nSPS) is 16.5. The number of nitrogens with zero attached hydrogens (tertiary/aromatic N) is 1. The lowest BCUT2D eigenvalue weighted by Gasteiger charge is -2.17. The number of hydrogen-bond acceptors (Lipinski definition) is 3. The maximum absolute atomic E-state index is 12.8. The fraction of sp³-hybridized carbons (Fsp3) is 0.200. The van der Waals surface area contributed by atoms with E-state index in [1.807, 2.05) is 66.7 Å². The van der Waals surface area contributed by atoms with Crippen LogP contribution in [-0.4, -0.2) is 18.4 Å². The molecule has 150 valence electrons. The van der Waals surface area contributed by atoms with Crippen LogP contribution in [0.4, 0.5) is 11.4 Å². The number of para-hydroxylation sites is 1. The van der Waals surface area contributed by atoms with Crippen molar-refractivity contribution >= 4 is 45.1 Å². The van der Waals surface area contributed by atoms with E-state index in [-0.39, 0.29) is 24.2 Å². The third kappa shape index (κ3) is 3.22. The lowest BCUT2D eigenvalue weighted by molar-refractivity contribution is -0.122. The van der Waals surface area contributed by atoms with Gasteiger partial charge in [0.2, 0.25) is 11.8 Å². The van der Waals surface area contributed by atoms with E-state index in [4.69, 9.17) is 4.42 Å². The van der Waals surface area contributed by atoms with E-state index in [1.165, 1.54) is 5.56 Å². The molecule has 1 saturated heterocycles. The molecule has 30 heavy (non-hydrogen) atoms. The molecule has 1 fully saturated rings. The molecule has 1 aromatic heterocycles. The van der Waals surface area contributed by atoms with Crippen molar-refractivity contribution in [2.45, 2.75) is 19.8 Å². The number of benzene rings is 3. The second-order valence-electron chi connectivity index (χ2n) is 7.72. The predicted molar refractivity (Wildman–Crippen MR) is 119 cm³/mol. The largest absolute Gasteiger partial charge is 0.456 e. The van der Waals surface area contributed by atoms with Gasteiger partial charge in [-0.2, -0.15) is 0 Å². The standard InChI is InChI=1S/C25H22N2O3/c1-2-16-7-10-19(11-8-16)27-15-17(13-24(27)28)25(29)26-18-9-12-21-20-5-3-4-6-22(20)30-23(21)14-18/h3-12,14,17H,2,13,15H2,1H3,(H,26,29)/t17-/m1/s1. The van der Waals surface area contributed by atoms with Crippen molar-refractivity contribution in [1.29, 1.82) is 0 Å². The first-order chi connectivity index (χ1) is 14.6. The molecule has 0 bridgehead atoms. The maximum atomic E-state index is 12.8. The minimum absolute atomic E-state index is 0.0212. The Morgan fingerprint density at radius 3 is 2.60 bits per heavy atom. The molecule has 1 atom stereocenters. The summed E-state index contributed by atoms with van der Waals surface area (Å²) in [7, 11) is 0. The van der Waals surface area contributed by atoms with Gasteiger partial charge in [-0.3, -0.25) is 9.59 Å². The van der Waals surface area contributed by atoms with Gasteiger partial charge in [0.15, 0.2) is 0 Å². The Morgan fingerprint density at radius 1 is 1.03 bits per heavy atom. The van der Waals surface area contributed by atoms with Crippen LogP contribution in [0.3, 0.4) is 0 Å². The SMILES string of the molecule is CCc1ccc(N2C[C@H](C(=O)Nc3ccc4c(c3)oc3ccccc34)CC2=O)cc1. The topological polar surface area (TPSA) is 62.6 Å². The van der Waals surface area contributed by atoms with E-state index in [0.717, 1.165) is 34.0 Å². The first kappa shape index (κ1) is 18.4. The van der Waals surface area contributed by atoms with Gasteiger partial charge in [-0.15, -0.1) is 0 Å². The van der Waals surface area contributed by atoms with Crippen LogP contribution in [0.25, 0.3) is 21.9 Å². The molecule has 0 unspecified atom stereocenters. The summed E-state index contributed by atoms with van der Waals surface area (Å²) in [5.41, 5.74) is 4.29. The highest BCUT2D eigenvalue weighted by atomic mass is 16.3. The van der Waals surface area contributed by atoms with E-state index < -0.39 is 0 Å². The van der Waals surface area contributed by atoms with Crippen molar-refractivity contribution < 1.29 is 14.0 Å². The highest BCUT2D eigenvalue weighted by molar-refractivity contribution is 6.07. The van der Waals surface area contributed by atoms with Crippen molar-refractivity contribution in [3.63, 3.8) is 0 Å². The zero-order valence-corrected chi connectivity index (χ0v) is 16.7. The van der Waals surface area contributed by atoms with Gasteiger partial charge in [0, 0.05) is 41.2 Å². The summed E-state index contributed by atoms with van der Waals surface area (Å²) >= 11 is 0. The Bertz CT molecular complexity index is 1260. The number of carbonyl (C=O) groups excluding carboxylic acids is 2. The van der Waals surface area contributed by atoms with E-state index in [9.17, 15) is 9.59 Å². The van der Waals surface area contributed by atoms with E-state index in [2.05, 4.69) is 12.2 Å². The van der Waals surface area contributed by atoms with E-state index >= 15 is 0 Å². The summed E-state index contributed by atoms with van der Waals surface area (Å²) in [5.74, 6) is -0.548. The highest BCUT2D eigenvalue weighted by Gasteiger charge is 2.35. The third-order valence-corrected chi connectivity index (χ3v) is 5.80. The molecule has 0 aliphatic carbocycles. The molecule has 1 aliphatic heterocycles. The summed E-state index contributed by atoms with van der Waals surface area (Å²) in [5, 5.41) is 5.02. The van der Waals surface area contributed by atoms with Gasteiger partial charge in [-0.05, 0) is 42.3 Å². The van der Waals surface area contributed by atoms with Crippen LogP contribution < -0.4 is 10.2 Å². The van der Waals surface area contributed by atoms with Crippen molar-refractivity contribution in [3.05, 3.63) is 72.3 Å². The second kappa shape index (κ2) is 7.34. The van der Waals surface area contributed by atoms with Crippen molar-refractivity contribution in [3.8, 4) is 0 Å². The summed E-state index contributed by atoms with van der Waals surface area (Å²) in [6.45, 7) is 2.49. The van der Waals surface area contributed by atoms with Crippen LogP contribution in [0.5, 0.6) is 0 Å². The highest BCUT2D eigenvalue weighted by Crippen LogP contribution is 2.31. The predicted octanol–water partition coefficient (Wildman–Crippen LogP) is 5.14. The van der Waals surface area contributed by atoms with E-state index in [0.29, 0.717) is 12.2 Å². The zero-order chi connectivity index (χ0) is 20.7. The Labute approximate surface area is 174 Å². The Hall–Kier alpha value is -3.60. The minimum atomic E-state index is -0.380. The van der Waals surface area contributed by atoms with Crippen LogP contribution in [0, 0.1) is 5.92 Å². The molecule has 3 aromatic carbocycles. The van der Waals surface area contributed by atoms with Gasteiger partial charge >= 0.3 is 0 Å². The summed E-state index contributed by atoms with van der Waals surface area (Å²) in [6, 6.07) is 21.5. The number of furan rings is 1. The van der Waals surface area contributed by atoms with Crippen molar-refractivity contribution in [1.82, 2.24) is 0 Å². The average Bonchev–Trinajstić information content (AvgIpc) is 3.34. The summed E-state index contributed by atoms with van der Waals surface area (Å²) in [6.07, 6.45) is 1.17. The van der Waals surface area contributed by atoms with Crippen LogP contribution in [-0.2, 0) is 16.0 Å². The van der Waals surface area contributed by atoms with E-state index in [1.54, 1.807) is 4.90 Å². The first-order valence-corrected chi connectivity index (χ1v) is 10.2.